The second-order valence-electron chi connectivity index (χ2n) is 5.11. The number of rotatable bonds is 6. The number of unbranched alkanes of at least 4 members (excludes halogenated alkanes) is 2. The van der Waals surface area contributed by atoms with Gasteiger partial charge in [-0.15, -0.1) is 11.8 Å². The fourth-order valence-corrected chi connectivity index (χ4v) is 3.81. The molecule has 0 aromatic carbocycles. The summed E-state index contributed by atoms with van der Waals surface area (Å²) in [6, 6.07) is 2.79. The molecule has 0 amide bonds. The van der Waals surface area contributed by atoms with Gasteiger partial charge < -0.3 is 0 Å². The lowest BCUT2D eigenvalue weighted by Crippen LogP contribution is -2.33. The summed E-state index contributed by atoms with van der Waals surface area (Å²) in [4.78, 5) is 2.36. The van der Waals surface area contributed by atoms with Gasteiger partial charge in [-0.05, 0) is 44.6 Å². The van der Waals surface area contributed by atoms with Crippen LogP contribution < -0.4 is 0 Å². The molecule has 1 aromatic heterocycles. The lowest BCUT2D eigenvalue weighted by Gasteiger charge is -2.29. The van der Waals surface area contributed by atoms with Crippen LogP contribution in [0.5, 0.6) is 0 Å². The molecule has 6 heteroatoms. The van der Waals surface area contributed by atoms with Gasteiger partial charge in [-0.25, -0.2) is 0 Å². The van der Waals surface area contributed by atoms with Gasteiger partial charge in [-0.3, -0.25) is 4.90 Å². The quantitative estimate of drug-likeness (QED) is 0.595. The minimum atomic E-state index is 0.604. The van der Waals surface area contributed by atoms with Crippen LogP contribution in [0.1, 0.15) is 38.3 Å². The average molecular weight is 308 g/mol. The van der Waals surface area contributed by atoms with Gasteiger partial charge in [-0.2, -0.15) is 14.0 Å². The normalized spacial score (nSPS) is 19.6. The van der Waals surface area contributed by atoms with Crippen LogP contribution in [0.3, 0.4) is 0 Å². The number of hydrogen-bond acceptors (Lipinski definition) is 6. The first-order valence-electron chi connectivity index (χ1n) is 6.94. The lowest BCUT2D eigenvalue weighted by molar-refractivity contribution is 0.280. The maximum absolute atomic E-state index is 8.52. The second kappa shape index (κ2) is 7.77. The molecule has 2 rings (SSSR count). The molecule has 0 spiro atoms. The summed E-state index contributed by atoms with van der Waals surface area (Å²) in [6.45, 7) is 3.20. The third kappa shape index (κ3) is 4.05. The van der Waals surface area contributed by atoms with E-state index in [-0.39, 0.29) is 0 Å². The molecule has 108 valence electrons. The number of nitrogens with zero attached hydrogens (tertiary/aromatic N) is 4. The highest BCUT2D eigenvalue weighted by Crippen LogP contribution is 2.30. The summed E-state index contributed by atoms with van der Waals surface area (Å²) in [7, 11) is 2.16. The molecular weight excluding hydrogens is 288 g/mol. The van der Waals surface area contributed by atoms with Gasteiger partial charge in [0.15, 0.2) is 0 Å². The molecule has 1 unspecified atom stereocenters. The fraction of sp³-hybridized carbons (Fsp3) is 0.643. The van der Waals surface area contributed by atoms with Gasteiger partial charge >= 0.3 is 0 Å². The van der Waals surface area contributed by atoms with Crippen molar-refractivity contribution in [2.75, 3.05) is 19.3 Å². The molecule has 0 bridgehead atoms. The summed E-state index contributed by atoms with van der Waals surface area (Å²) in [5, 5.41) is 9.58. The van der Waals surface area contributed by atoms with Gasteiger partial charge in [0, 0.05) is 19.0 Å². The van der Waals surface area contributed by atoms with Gasteiger partial charge in [0.25, 0.3) is 0 Å². The van der Waals surface area contributed by atoms with Gasteiger partial charge in [0.05, 0.1) is 17.8 Å². The number of nitriles is 1. The Morgan fingerprint density at radius 3 is 3.10 bits per heavy atom. The highest BCUT2D eigenvalue weighted by molar-refractivity contribution is 7.99. The van der Waals surface area contributed by atoms with Crippen molar-refractivity contribution in [3.63, 3.8) is 0 Å². The van der Waals surface area contributed by atoms with Crippen LogP contribution in [-0.4, -0.2) is 39.0 Å². The molecule has 0 saturated carbocycles. The monoisotopic (exact) mass is 308 g/mol. The Balaban J connectivity index is 1.93. The van der Waals surface area contributed by atoms with Crippen LogP contribution >= 0.6 is 23.5 Å². The van der Waals surface area contributed by atoms with Crippen molar-refractivity contribution in [3.05, 3.63) is 11.8 Å². The topological polar surface area (TPSA) is 52.8 Å². The van der Waals surface area contributed by atoms with E-state index >= 15 is 0 Å². The van der Waals surface area contributed by atoms with E-state index in [0.717, 1.165) is 42.3 Å². The minimum Gasteiger partial charge on any atom is -0.299 e. The summed E-state index contributed by atoms with van der Waals surface area (Å²) < 4.78 is 8.90. The number of thioether (sulfide) groups is 1. The second-order valence-corrected chi connectivity index (χ2v) is 6.72. The van der Waals surface area contributed by atoms with Crippen molar-refractivity contribution in [2.45, 2.75) is 43.7 Å². The number of likely N-dealkylation sites (N-methyl/N-ethyl adjacent to an activating group) is 1. The first-order valence-corrected chi connectivity index (χ1v) is 8.66. The van der Waals surface area contributed by atoms with Crippen molar-refractivity contribution in [2.24, 2.45) is 0 Å². The molecule has 2 heterocycles. The van der Waals surface area contributed by atoms with E-state index in [9.17, 15) is 0 Å². The largest absolute Gasteiger partial charge is 0.299 e. The molecule has 4 nitrogen and oxygen atoms in total. The maximum atomic E-state index is 8.52. The van der Waals surface area contributed by atoms with Crippen LogP contribution in [0.4, 0.5) is 0 Å². The average Bonchev–Trinajstić information content (AvgIpc) is 2.90. The molecule has 0 radical (unpaired) electrons. The lowest BCUT2D eigenvalue weighted by atomic mass is 10.0. The highest BCUT2D eigenvalue weighted by atomic mass is 32.2. The first kappa shape index (κ1) is 15.5. The SMILES string of the molecule is CC1CC=C(c2nsnc2SCCCCC#N)CN1C. The molecular formula is C14H20N4S2. The Labute approximate surface area is 129 Å². The summed E-state index contributed by atoms with van der Waals surface area (Å²) in [6.07, 6.45) is 6.07. The number of hydrogen-bond donors (Lipinski definition) is 0. The zero-order chi connectivity index (χ0) is 14.4. The smallest absolute Gasteiger partial charge is 0.138 e. The molecule has 0 N–H and O–H groups in total. The zero-order valence-corrected chi connectivity index (χ0v) is 13.6. The van der Waals surface area contributed by atoms with E-state index in [0.29, 0.717) is 12.5 Å². The van der Waals surface area contributed by atoms with Crippen LogP contribution in [0.2, 0.25) is 0 Å². The Kier molecular flexibility index (Phi) is 6.02. The Morgan fingerprint density at radius 2 is 2.35 bits per heavy atom. The molecule has 0 aliphatic carbocycles. The predicted octanol–water partition coefficient (Wildman–Crippen LogP) is 3.43. The predicted molar refractivity (Wildman–Crippen MR) is 84.8 cm³/mol. The third-order valence-electron chi connectivity index (χ3n) is 3.56. The Morgan fingerprint density at radius 1 is 1.50 bits per heavy atom. The zero-order valence-electron chi connectivity index (χ0n) is 12.0. The third-order valence-corrected chi connectivity index (χ3v) is 5.26. The first-order chi connectivity index (χ1) is 9.72. The van der Waals surface area contributed by atoms with Crippen molar-refractivity contribution in [3.8, 4) is 6.07 Å². The van der Waals surface area contributed by atoms with Crippen molar-refractivity contribution < 1.29 is 0 Å². The Bertz CT molecular complexity index is 504. The van der Waals surface area contributed by atoms with Gasteiger partial charge in [-0.1, -0.05) is 6.08 Å². The highest BCUT2D eigenvalue weighted by Gasteiger charge is 2.21. The molecule has 0 saturated heterocycles. The van der Waals surface area contributed by atoms with Crippen molar-refractivity contribution in [1.29, 1.82) is 5.26 Å². The van der Waals surface area contributed by atoms with E-state index in [1.807, 2.05) is 0 Å². The molecule has 1 aliphatic heterocycles. The van der Waals surface area contributed by atoms with Crippen LogP contribution in [0.25, 0.3) is 5.57 Å². The van der Waals surface area contributed by atoms with Crippen LogP contribution in [0, 0.1) is 11.3 Å². The van der Waals surface area contributed by atoms with E-state index in [4.69, 9.17) is 5.26 Å². The van der Waals surface area contributed by atoms with E-state index in [2.05, 4.69) is 39.8 Å². The van der Waals surface area contributed by atoms with Gasteiger partial charge in [0.2, 0.25) is 0 Å². The standard InChI is InChI=1S/C14H20N4S2/c1-11-6-7-12(10-18(11)2)13-14(17-20-16-13)19-9-5-3-4-8-15/h7,11H,3-6,9-10H2,1-2H3. The van der Waals surface area contributed by atoms with Crippen molar-refractivity contribution >= 4 is 29.1 Å². The van der Waals surface area contributed by atoms with Crippen molar-refractivity contribution in [1.82, 2.24) is 13.6 Å². The summed E-state index contributed by atoms with van der Waals surface area (Å²) in [5.41, 5.74) is 2.37. The Hall–Kier alpha value is -0.900. The minimum absolute atomic E-state index is 0.604. The molecule has 20 heavy (non-hydrogen) atoms. The van der Waals surface area contributed by atoms with E-state index in [1.54, 1.807) is 11.8 Å². The van der Waals surface area contributed by atoms with Crippen LogP contribution in [-0.2, 0) is 0 Å². The van der Waals surface area contributed by atoms with E-state index in [1.165, 1.54) is 17.3 Å². The summed E-state index contributed by atoms with van der Waals surface area (Å²) >= 11 is 3.07. The maximum Gasteiger partial charge on any atom is 0.138 e. The van der Waals surface area contributed by atoms with Gasteiger partial charge in [0.1, 0.15) is 10.7 Å². The van der Waals surface area contributed by atoms with Crippen LogP contribution in [0.15, 0.2) is 11.1 Å². The summed E-state index contributed by atoms with van der Waals surface area (Å²) in [5.74, 6) is 1.01. The van der Waals surface area contributed by atoms with E-state index < -0.39 is 0 Å². The molecule has 1 aromatic rings. The molecule has 1 aliphatic rings. The molecule has 0 fully saturated rings. The number of aromatic nitrogens is 2. The fourth-order valence-electron chi connectivity index (χ4n) is 2.10. The molecule has 1 atom stereocenters.